The molecule has 37 heavy (non-hydrogen) atoms. The molecule has 1 aromatic heterocycles. The summed E-state index contributed by atoms with van der Waals surface area (Å²) in [5.74, 6) is -1.82. The molecule has 2 heterocycles. The number of carbonyl (C=O) groups excluding carboxylic acids is 3. The number of aryl methyl sites for hydroxylation is 1. The molecule has 7 nitrogen and oxygen atoms in total. The van der Waals surface area contributed by atoms with E-state index in [2.05, 4.69) is 10.6 Å². The van der Waals surface area contributed by atoms with Crippen LogP contribution >= 0.6 is 11.8 Å². The van der Waals surface area contributed by atoms with Gasteiger partial charge in [0, 0.05) is 16.3 Å². The standard InChI is InChI=1S/C28H20FN3O4S/c1-17-7-11-19(12-8-17)30-24-25(28(35)32(27(24)34)21-13-9-18(29)10-14-21)37-22-5-2-4-20(16-22)31-26(33)23-6-3-15-36-23/h2-16,30H,1H3,(H,31,33). The third kappa shape index (κ3) is 5.17. The van der Waals surface area contributed by atoms with Crippen molar-refractivity contribution in [3.05, 3.63) is 119 Å². The Bertz CT molecular complexity index is 1510. The third-order valence-corrected chi connectivity index (χ3v) is 6.58. The molecule has 0 saturated carbocycles. The van der Waals surface area contributed by atoms with Gasteiger partial charge in [-0.15, -0.1) is 0 Å². The molecule has 1 aliphatic rings. The van der Waals surface area contributed by atoms with Gasteiger partial charge in [0.15, 0.2) is 5.76 Å². The summed E-state index contributed by atoms with van der Waals surface area (Å²) < 4.78 is 18.6. The molecule has 0 radical (unpaired) electrons. The highest BCUT2D eigenvalue weighted by Crippen LogP contribution is 2.38. The molecule has 0 atom stereocenters. The van der Waals surface area contributed by atoms with E-state index in [1.165, 1.54) is 30.5 Å². The van der Waals surface area contributed by atoms with Crippen molar-refractivity contribution in [1.82, 2.24) is 0 Å². The summed E-state index contributed by atoms with van der Waals surface area (Å²) in [6, 6.07) is 22.6. The molecule has 0 aliphatic carbocycles. The number of imide groups is 1. The summed E-state index contributed by atoms with van der Waals surface area (Å²) in [6.07, 6.45) is 1.41. The monoisotopic (exact) mass is 513 g/mol. The molecule has 0 spiro atoms. The Morgan fingerprint density at radius 1 is 0.892 bits per heavy atom. The molecule has 0 saturated heterocycles. The number of halogens is 1. The van der Waals surface area contributed by atoms with Crippen molar-refractivity contribution < 1.29 is 23.2 Å². The normalized spacial score (nSPS) is 13.3. The van der Waals surface area contributed by atoms with Crippen LogP contribution in [0.1, 0.15) is 16.1 Å². The topological polar surface area (TPSA) is 91.7 Å². The Morgan fingerprint density at radius 3 is 2.35 bits per heavy atom. The van der Waals surface area contributed by atoms with E-state index in [1.807, 2.05) is 31.2 Å². The van der Waals surface area contributed by atoms with Crippen molar-refractivity contribution in [2.45, 2.75) is 11.8 Å². The van der Waals surface area contributed by atoms with Gasteiger partial charge in [0.1, 0.15) is 16.4 Å². The number of anilines is 3. The zero-order valence-electron chi connectivity index (χ0n) is 19.5. The van der Waals surface area contributed by atoms with Gasteiger partial charge < -0.3 is 15.1 Å². The van der Waals surface area contributed by atoms with Crippen LogP contribution in [-0.2, 0) is 9.59 Å². The van der Waals surface area contributed by atoms with E-state index in [1.54, 1.807) is 36.4 Å². The van der Waals surface area contributed by atoms with Crippen molar-refractivity contribution >= 4 is 46.5 Å². The number of hydrogen-bond acceptors (Lipinski definition) is 6. The van der Waals surface area contributed by atoms with Crippen LogP contribution in [-0.4, -0.2) is 17.7 Å². The van der Waals surface area contributed by atoms with Crippen molar-refractivity contribution in [2.24, 2.45) is 0 Å². The molecule has 2 N–H and O–H groups in total. The maximum atomic E-state index is 13.5. The van der Waals surface area contributed by atoms with Crippen LogP contribution in [0.5, 0.6) is 0 Å². The predicted octanol–water partition coefficient (Wildman–Crippen LogP) is 5.97. The van der Waals surface area contributed by atoms with E-state index >= 15 is 0 Å². The quantitative estimate of drug-likeness (QED) is 0.296. The molecular formula is C28H20FN3O4S. The zero-order chi connectivity index (χ0) is 25.9. The number of rotatable bonds is 7. The minimum Gasteiger partial charge on any atom is -0.459 e. The number of hydrogen-bond donors (Lipinski definition) is 2. The van der Waals surface area contributed by atoms with Crippen LogP contribution < -0.4 is 15.5 Å². The van der Waals surface area contributed by atoms with Gasteiger partial charge in [0.2, 0.25) is 0 Å². The number of furan rings is 1. The van der Waals surface area contributed by atoms with Crippen molar-refractivity contribution in [2.75, 3.05) is 15.5 Å². The number of thioether (sulfide) groups is 1. The Kier molecular flexibility index (Phi) is 6.61. The molecule has 0 unspecified atom stereocenters. The molecule has 4 aromatic rings. The van der Waals surface area contributed by atoms with Crippen molar-refractivity contribution in [1.29, 1.82) is 0 Å². The van der Waals surface area contributed by atoms with Gasteiger partial charge in [-0.05, 0) is 73.7 Å². The van der Waals surface area contributed by atoms with Crippen LogP contribution in [0.15, 0.2) is 111 Å². The fourth-order valence-corrected chi connectivity index (χ4v) is 4.66. The highest BCUT2D eigenvalue weighted by atomic mass is 32.2. The number of nitrogens with one attached hydrogen (secondary N) is 2. The van der Waals surface area contributed by atoms with E-state index in [-0.39, 0.29) is 22.0 Å². The van der Waals surface area contributed by atoms with Crippen LogP contribution in [0.2, 0.25) is 0 Å². The molecule has 5 rings (SSSR count). The molecule has 1 aliphatic heterocycles. The Morgan fingerprint density at radius 2 is 1.65 bits per heavy atom. The lowest BCUT2D eigenvalue weighted by atomic mass is 10.2. The van der Waals surface area contributed by atoms with Gasteiger partial charge in [0.25, 0.3) is 17.7 Å². The fourth-order valence-electron chi connectivity index (χ4n) is 3.68. The summed E-state index contributed by atoms with van der Waals surface area (Å²) in [5, 5.41) is 5.84. The van der Waals surface area contributed by atoms with E-state index in [9.17, 15) is 18.8 Å². The third-order valence-electron chi connectivity index (χ3n) is 5.50. The van der Waals surface area contributed by atoms with E-state index in [0.717, 1.165) is 22.2 Å². The molecule has 184 valence electrons. The highest BCUT2D eigenvalue weighted by molar-refractivity contribution is 8.04. The molecular weight excluding hydrogens is 493 g/mol. The van der Waals surface area contributed by atoms with Gasteiger partial charge in [0.05, 0.1) is 12.0 Å². The average molecular weight is 514 g/mol. The summed E-state index contributed by atoms with van der Waals surface area (Å²) >= 11 is 1.09. The Labute approximate surface area is 216 Å². The van der Waals surface area contributed by atoms with Crippen LogP contribution in [0.3, 0.4) is 0 Å². The maximum absolute atomic E-state index is 13.5. The summed E-state index contributed by atoms with van der Waals surface area (Å²) in [6.45, 7) is 1.95. The summed E-state index contributed by atoms with van der Waals surface area (Å²) in [4.78, 5) is 41.1. The van der Waals surface area contributed by atoms with Gasteiger partial charge in [-0.2, -0.15) is 0 Å². The average Bonchev–Trinajstić information content (AvgIpc) is 3.50. The fraction of sp³-hybridized carbons (Fsp3) is 0.0357. The van der Waals surface area contributed by atoms with E-state index < -0.39 is 23.5 Å². The smallest absolute Gasteiger partial charge is 0.291 e. The maximum Gasteiger partial charge on any atom is 0.291 e. The first kappa shape index (κ1) is 24.1. The predicted molar refractivity (Wildman–Crippen MR) is 140 cm³/mol. The second-order valence-corrected chi connectivity index (χ2v) is 9.26. The van der Waals surface area contributed by atoms with Crippen LogP contribution in [0.25, 0.3) is 0 Å². The summed E-state index contributed by atoms with van der Waals surface area (Å²) in [7, 11) is 0. The van der Waals surface area contributed by atoms with Gasteiger partial charge in [-0.3, -0.25) is 14.4 Å². The molecule has 9 heteroatoms. The Balaban J connectivity index is 1.46. The molecule has 3 aromatic carbocycles. The van der Waals surface area contributed by atoms with Crippen LogP contribution in [0.4, 0.5) is 21.5 Å². The second-order valence-electron chi connectivity index (χ2n) is 8.18. The number of benzene rings is 3. The molecule has 0 bridgehead atoms. The van der Waals surface area contributed by atoms with E-state index in [4.69, 9.17) is 4.42 Å². The molecule has 0 fully saturated rings. The minimum atomic E-state index is -0.554. The van der Waals surface area contributed by atoms with Crippen molar-refractivity contribution in [3.8, 4) is 0 Å². The zero-order valence-corrected chi connectivity index (χ0v) is 20.3. The van der Waals surface area contributed by atoms with Gasteiger partial charge in [-0.25, -0.2) is 9.29 Å². The molecule has 3 amide bonds. The van der Waals surface area contributed by atoms with E-state index in [0.29, 0.717) is 16.3 Å². The largest absolute Gasteiger partial charge is 0.459 e. The Hall–Kier alpha value is -4.63. The lowest BCUT2D eigenvalue weighted by Crippen LogP contribution is -2.32. The minimum absolute atomic E-state index is 0.105. The first-order chi connectivity index (χ1) is 17.9. The lowest BCUT2D eigenvalue weighted by molar-refractivity contribution is -0.120. The van der Waals surface area contributed by atoms with Crippen LogP contribution in [0, 0.1) is 12.7 Å². The number of nitrogens with zero attached hydrogens (tertiary/aromatic N) is 1. The SMILES string of the molecule is Cc1ccc(NC2=C(Sc3cccc(NC(=O)c4ccco4)c3)C(=O)N(c3ccc(F)cc3)C2=O)cc1. The number of carbonyl (C=O) groups is 3. The lowest BCUT2D eigenvalue weighted by Gasteiger charge is -2.15. The van der Waals surface area contributed by atoms with Gasteiger partial charge >= 0.3 is 0 Å². The van der Waals surface area contributed by atoms with Gasteiger partial charge in [-0.1, -0.05) is 35.5 Å². The van der Waals surface area contributed by atoms with Crippen molar-refractivity contribution in [3.63, 3.8) is 0 Å². The second kappa shape index (κ2) is 10.2. The highest BCUT2D eigenvalue weighted by Gasteiger charge is 2.40. The number of amides is 3. The first-order valence-corrected chi connectivity index (χ1v) is 12.1. The first-order valence-electron chi connectivity index (χ1n) is 11.2. The summed E-state index contributed by atoms with van der Waals surface area (Å²) in [5.41, 5.74) is 2.54.